The molecule has 3 aromatic rings. The number of carbonyl (C=O) groups excluding carboxylic acids is 1. The first kappa shape index (κ1) is 11.5. The number of fused-ring (bicyclic) bond motifs is 3. The lowest BCUT2D eigenvalue weighted by molar-refractivity contribution is 0.0601. The van der Waals surface area contributed by atoms with Crippen LogP contribution in [-0.2, 0) is 11.8 Å². The maximum absolute atomic E-state index is 12.1. The largest absolute Gasteiger partial charge is 0.465 e. The molecule has 0 unspecified atom stereocenters. The monoisotopic (exact) mass is 256 g/mol. The summed E-state index contributed by atoms with van der Waals surface area (Å²) < 4.78 is 6.29. The molecule has 1 N–H and O–H groups in total. The molecule has 0 radical (unpaired) electrons. The van der Waals surface area contributed by atoms with Crippen molar-refractivity contribution in [3.05, 3.63) is 46.4 Å². The van der Waals surface area contributed by atoms with E-state index in [0.717, 1.165) is 16.4 Å². The molecule has 0 bridgehead atoms. The van der Waals surface area contributed by atoms with Crippen molar-refractivity contribution < 1.29 is 9.53 Å². The molecule has 5 heteroatoms. The summed E-state index contributed by atoms with van der Waals surface area (Å²) >= 11 is 0. The zero-order chi connectivity index (χ0) is 13.6. The molecule has 96 valence electrons. The van der Waals surface area contributed by atoms with E-state index in [1.54, 1.807) is 42.1 Å². The van der Waals surface area contributed by atoms with Crippen molar-refractivity contribution in [2.45, 2.75) is 0 Å². The first-order valence-electron chi connectivity index (χ1n) is 5.81. The highest BCUT2D eigenvalue weighted by Gasteiger charge is 2.12. The van der Waals surface area contributed by atoms with E-state index >= 15 is 0 Å². The molecule has 2 heterocycles. The van der Waals surface area contributed by atoms with E-state index in [-0.39, 0.29) is 5.56 Å². The van der Waals surface area contributed by atoms with Gasteiger partial charge in [-0.15, -0.1) is 0 Å². The molecule has 1 aromatic carbocycles. The summed E-state index contributed by atoms with van der Waals surface area (Å²) in [6, 6.07) is 6.88. The Hall–Kier alpha value is -2.56. The molecule has 0 amide bonds. The number of pyridine rings is 1. The fourth-order valence-electron chi connectivity index (χ4n) is 2.33. The van der Waals surface area contributed by atoms with Crippen LogP contribution in [0.5, 0.6) is 0 Å². The van der Waals surface area contributed by atoms with Crippen LogP contribution in [0.3, 0.4) is 0 Å². The number of aromatic amines is 1. The Labute approximate surface area is 108 Å². The van der Waals surface area contributed by atoms with Crippen molar-refractivity contribution >= 4 is 27.8 Å². The smallest absolute Gasteiger partial charge is 0.337 e. The van der Waals surface area contributed by atoms with Crippen molar-refractivity contribution in [3.8, 4) is 0 Å². The average molecular weight is 256 g/mol. The quantitative estimate of drug-likeness (QED) is 0.675. The molecule has 0 saturated heterocycles. The Morgan fingerprint density at radius 1 is 1.26 bits per heavy atom. The van der Waals surface area contributed by atoms with Gasteiger partial charge in [-0.1, -0.05) is 0 Å². The van der Waals surface area contributed by atoms with Gasteiger partial charge >= 0.3 is 5.97 Å². The summed E-state index contributed by atoms with van der Waals surface area (Å²) in [6.07, 6.45) is 1.72. The number of H-pyrrole nitrogens is 1. The van der Waals surface area contributed by atoms with Crippen LogP contribution >= 0.6 is 0 Å². The van der Waals surface area contributed by atoms with Gasteiger partial charge in [0.2, 0.25) is 0 Å². The van der Waals surface area contributed by atoms with Gasteiger partial charge in [0.15, 0.2) is 0 Å². The van der Waals surface area contributed by atoms with Crippen LogP contribution in [0.25, 0.3) is 21.8 Å². The Kier molecular flexibility index (Phi) is 2.41. The molecule has 5 nitrogen and oxygen atoms in total. The number of nitrogens with zero attached hydrogens (tertiary/aromatic N) is 1. The van der Waals surface area contributed by atoms with Crippen LogP contribution in [0.1, 0.15) is 10.4 Å². The SMILES string of the molecule is COC(=O)c1ccc2c(c1)c1[nH]ccc1c(=O)n2C. The van der Waals surface area contributed by atoms with E-state index in [0.29, 0.717) is 10.9 Å². The number of esters is 1. The van der Waals surface area contributed by atoms with Gasteiger partial charge in [-0.25, -0.2) is 4.79 Å². The lowest BCUT2D eigenvalue weighted by Crippen LogP contribution is -2.17. The number of nitrogens with one attached hydrogen (secondary N) is 1. The molecule has 0 aliphatic rings. The highest BCUT2D eigenvalue weighted by molar-refractivity contribution is 6.06. The predicted octanol–water partition coefficient (Wildman–Crippen LogP) is 1.81. The third kappa shape index (κ3) is 1.55. The molecule has 0 saturated carbocycles. The number of aromatic nitrogens is 2. The van der Waals surface area contributed by atoms with Gasteiger partial charge in [0.05, 0.1) is 29.1 Å². The Balaban J connectivity index is 2.48. The van der Waals surface area contributed by atoms with Gasteiger partial charge in [0.1, 0.15) is 0 Å². The second-order valence-electron chi connectivity index (χ2n) is 4.35. The molecule has 0 aliphatic carbocycles. The highest BCUT2D eigenvalue weighted by atomic mass is 16.5. The minimum absolute atomic E-state index is 0.0606. The standard InChI is InChI=1S/C14H12N2O3/c1-16-11-4-3-8(14(18)19-2)7-10(11)12-9(13(16)17)5-6-15-12/h3-7,15H,1-2H3. The summed E-state index contributed by atoms with van der Waals surface area (Å²) in [4.78, 5) is 26.8. The highest BCUT2D eigenvalue weighted by Crippen LogP contribution is 2.22. The van der Waals surface area contributed by atoms with E-state index < -0.39 is 5.97 Å². The normalized spacial score (nSPS) is 11.1. The third-order valence-corrected chi connectivity index (χ3v) is 3.33. The summed E-state index contributed by atoms with van der Waals surface area (Å²) in [5, 5.41) is 1.43. The molecule has 0 fully saturated rings. The molecule has 0 aliphatic heterocycles. The molecular formula is C14H12N2O3. The zero-order valence-electron chi connectivity index (χ0n) is 10.6. The lowest BCUT2D eigenvalue weighted by atomic mass is 10.1. The first-order valence-corrected chi connectivity index (χ1v) is 5.81. The van der Waals surface area contributed by atoms with Crippen LogP contribution in [0.4, 0.5) is 0 Å². The summed E-state index contributed by atoms with van der Waals surface area (Å²) in [6.45, 7) is 0. The Morgan fingerprint density at radius 2 is 2.05 bits per heavy atom. The van der Waals surface area contributed by atoms with E-state index in [1.165, 1.54) is 7.11 Å². The van der Waals surface area contributed by atoms with Gasteiger partial charge in [0, 0.05) is 18.6 Å². The van der Waals surface area contributed by atoms with Crippen molar-refractivity contribution in [1.82, 2.24) is 9.55 Å². The average Bonchev–Trinajstić information content (AvgIpc) is 2.93. The van der Waals surface area contributed by atoms with E-state index in [2.05, 4.69) is 4.98 Å². The lowest BCUT2D eigenvalue weighted by Gasteiger charge is -2.08. The number of rotatable bonds is 1. The molecule has 0 spiro atoms. The van der Waals surface area contributed by atoms with Crippen LogP contribution in [-0.4, -0.2) is 22.6 Å². The number of hydrogen-bond acceptors (Lipinski definition) is 3. The van der Waals surface area contributed by atoms with Crippen LogP contribution in [0.2, 0.25) is 0 Å². The second-order valence-corrected chi connectivity index (χ2v) is 4.35. The van der Waals surface area contributed by atoms with Gasteiger partial charge in [-0.05, 0) is 24.3 Å². The number of carbonyl (C=O) groups is 1. The van der Waals surface area contributed by atoms with Crippen molar-refractivity contribution in [2.75, 3.05) is 7.11 Å². The number of benzene rings is 1. The van der Waals surface area contributed by atoms with Crippen LogP contribution < -0.4 is 5.56 Å². The number of hydrogen-bond donors (Lipinski definition) is 1. The van der Waals surface area contributed by atoms with Gasteiger partial charge in [-0.3, -0.25) is 4.79 Å². The maximum atomic E-state index is 12.1. The minimum Gasteiger partial charge on any atom is -0.465 e. The van der Waals surface area contributed by atoms with Gasteiger partial charge < -0.3 is 14.3 Å². The van der Waals surface area contributed by atoms with Crippen molar-refractivity contribution in [2.24, 2.45) is 7.05 Å². The van der Waals surface area contributed by atoms with Crippen LogP contribution in [0, 0.1) is 0 Å². The predicted molar refractivity (Wildman–Crippen MR) is 72.4 cm³/mol. The fraction of sp³-hybridized carbons (Fsp3) is 0.143. The second kappa shape index (κ2) is 3.98. The Morgan fingerprint density at radius 3 is 2.79 bits per heavy atom. The summed E-state index contributed by atoms with van der Waals surface area (Å²) in [5.41, 5.74) is 1.91. The summed E-state index contributed by atoms with van der Waals surface area (Å²) in [5.74, 6) is -0.393. The fourth-order valence-corrected chi connectivity index (χ4v) is 2.33. The molecule has 3 rings (SSSR count). The Bertz CT molecular complexity index is 858. The van der Waals surface area contributed by atoms with E-state index in [4.69, 9.17) is 4.74 Å². The molecule has 2 aromatic heterocycles. The van der Waals surface area contributed by atoms with Gasteiger partial charge in [-0.2, -0.15) is 0 Å². The summed E-state index contributed by atoms with van der Waals surface area (Å²) in [7, 11) is 3.06. The molecule has 0 atom stereocenters. The topological polar surface area (TPSA) is 64.1 Å². The van der Waals surface area contributed by atoms with Crippen LogP contribution in [0.15, 0.2) is 35.3 Å². The number of methoxy groups -OCH3 is 1. The number of ether oxygens (including phenoxy) is 1. The van der Waals surface area contributed by atoms with E-state index in [1.807, 2.05) is 0 Å². The maximum Gasteiger partial charge on any atom is 0.337 e. The number of aryl methyl sites for hydroxylation is 1. The molecule has 19 heavy (non-hydrogen) atoms. The minimum atomic E-state index is -0.393. The molecular weight excluding hydrogens is 244 g/mol. The zero-order valence-corrected chi connectivity index (χ0v) is 10.6. The first-order chi connectivity index (χ1) is 9.13. The third-order valence-electron chi connectivity index (χ3n) is 3.33. The van der Waals surface area contributed by atoms with Crippen molar-refractivity contribution in [3.63, 3.8) is 0 Å². The van der Waals surface area contributed by atoms with Crippen molar-refractivity contribution in [1.29, 1.82) is 0 Å². The van der Waals surface area contributed by atoms with E-state index in [9.17, 15) is 9.59 Å². The van der Waals surface area contributed by atoms with Gasteiger partial charge in [0.25, 0.3) is 5.56 Å².